The van der Waals surface area contributed by atoms with Crippen LogP contribution in [0.1, 0.15) is 49.4 Å². The molecule has 1 atom stereocenters. The highest BCUT2D eigenvalue weighted by molar-refractivity contribution is 7.95. The van der Waals surface area contributed by atoms with Crippen LogP contribution in [0, 0.1) is 11.3 Å². The molecule has 3 aromatic rings. The summed E-state index contributed by atoms with van der Waals surface area (Å²) in [7, 11) is 0. The predicted octanol–water partition coefficient (Wildman–Crippen LogP) is 5.02. The van der Waals surface area contributed by atoms with Crippen LogP contribution in [0.3, 0.4) is 0 Å². The zero-order valence-corrected chi connectivity index (χ0v) is 18.5. The third kappa shape index (κ3) is 4.20. The molecule has 0 bridgehead atoms. The maximum atomic E-state index is 9.51. The first-order chi connectivity index (χ1) is 14.6. The van der Waals surface area contributed by atoms with Gasteiger partial charge in [-0.05, 0) is 62.4 Å². The molecule has 0 spiro atoms. The van der Waals surface area contributed by atoms with E-state index in [0.717, 1.165) is 40.4 Å². The summed E-state index contributed by atoms with van der Waals surface area (Å²) in [5, 5.41) is 25.7. The Hall–Kier alpha value is -2.44. The lowest BCUT2D eigenvalue weighted by atomic mass is 9.85. The Bertz CT molecular complexity index is 1090. The van der Waals surface area contributed by atoms with Crippen molar-refractivity contribution in [3.63, 3.8) is 0 Å². The number of nitrogens with zero attached hydrogens (tertiary/aromatic N) is 3. The second kappa shape index (κ2) is 9.14. The Morgan fingerprint density at radius 3 is 2.87 bits per heavy atom. The Labute approximate surface area is 184 Å². The van der Waals surface area contributed by atoms with E-state index in [1.165, 1.54) is 23.3 Å². The van der Waals surface area contributed by atoms with Crippen LogP contribution >= 0.6 is 23.5 Å². The zero-order chi connectivity index (χ0) is 21.1. The molecule has 0 aliphatic heterocycles. The number of benzene rings is 2. The van der Waals surface area contributed by atoms with Crippen molar-refractivity contribution in [2.24, 2.45) is 5.14 Å². The van der Waals surface area contributed by atoms with E-state index in [9.17, 15) is 5.26 Å². The van der Waals surface area contributed by atoms with Crippen LogP contribution < -0.4 is 14.6 Å². The van der Waals surface area contributed by atoms with E-state index >= 15 is 0 Å². The van der Waals surface area contributed by atoms with Crippen molar-refractivity contribution in [1.29, 1.82) is 5.26 Å². The van der Waals surface area contributed by atoms with Gasteiger partial charge in [0.15, 0.2) is 0 Å². The van der Waals surface area contributed by atoms with Gasteiger partial charge in [0.1, 0.15) is 21.8 Å². The molecule has 1 aromatic heterocycles. The summed E-state index contributed by atoms with van der Waals surface area (Å²) in [4.78, 5) is 0. The Balaban J connectivity index is 1.68. The van der Waals surface area contributed by atoms with E-state index in [1.54, 1.807) is 11.3 Å². The molecule has 0 radical (unpaired) electrons. The first kappa shape index (κ1) is 20.8. The van der Waals surface area contributed by atoms with Gasteiger partial charge < -0.3 is 4.74 Å². The van der Waals surface area contributed by atoms with Crippen molar-refractivity contribution in [3.05, 3.63) is 53.1 Å². The number of rotatable bonds is 6. The molecule has 1 unspecified atom stereocenters. The average molecular weight is 438 g/mol. The quantitative estimate of drug-likeness (QED) is 0.523. The zero-order valence-electron chi connectivity index (χ0n) is 16.9. The Kier molecular flexibility index (Phi) is 6.35. The van der Waals surface area contributed by atoms with Crippen LogP contribution in [-0.4, -0.2) is 16.3 Å². The summed E-state index contributed by atoms with van der Waals surface area (Å²) in [6.45, 7) is 3.89. The fraction of sp³-hybridized carbons (Fsp3) is 0.318. The number of nitriles is 1. The van der Waals surface area contributed by atoms with Crippen LogP contribution in [0.15, 0.2) is 36.4 Å². The molecule has 0 fully saturated rings. The summed E-state index contributed by atoms with van der Waals surface area (Å²) >= 11 is 2.71. The number of hydrogen-bond donors (Lipinski definition) is 2. The lowest BCUT2D eigenvalue weighted by Crippen LogP contribution is -2.21. The molecule has 8 heteroatoms. The second-order valence-electron chi connectivity index (χ2n) is 7.46. The fourth-order valence-corrected chi connectivity index (χ4v) is 5.11. The minimum Gasteiger partial charge on any atom is -0.490 e. The van der Waals surface area contributed by atoms with Crippen molar-refractivity contribution >= 4 is 23.5 Å². The highest BCUT2D eigenvalue weighted by atomic mass is 32.2. The van der Waals surface area contributed by atoms with Gasteiger partial charge >= 0.3 is 0 Å². The maximum absolute atomic E-state index is 9.51. The molecule has 1 aliphatic rings. The van der Waals surface area contributed by atoms with Gasteiger partial charge in [-0.1, -0.05) is 29.5 Å². The van der Waals surface area contributed by atoms with Gasteiger partial charge in [-0.25, -0.2) is 4.72 Å². The highest BCUT2D eigenvalue weighted by Gasteiger charge is 2.24. The first-order valence-corrected chi connectivity index (χ1v) is 11.6. The first-order valence-electron chi connectivity index (χ1n) is 9.88. The second-order valence-corrected chi connectivity index (χ2v) is 8.90. The van der Waals surface area contributed by atoms with E-state index in [4.69, 9.17) is 9.88 Å². The molecule has 30 heavy (non-hydrogen) atoms. The predicted molar refractivity (Wildman–Crippen MR) is 122 cm³/mol. The van der Waals surface area contributed by atoms with Crippen molar-refractivity contribution in [2.75, 3.05) is 0 Å². The van der Waals surface area contributed by atoms with E-state index < -0.39 is 0 Å². The fourth-order valence-electron chi connectivity index (χ4n) is 3.81. The van der Waals surface area contributed by atoms with Crippen LogP contribution in [-0.2, 0) is 6.42 Å². The number of nitrogens with one attached hydrogen (secondary N) is 1. The van der Waals surface area contributed by atoms with Crippen molar-refractivity contribution in [3.8, 4) is 33.0 Å². The van der Waals surface area contributed by atoms with Gasteiger partial charge in [0.05, 0.1) is 11.7 Å². The molecule has 0 saturated carbocycles. The molecule has 1 aliphatic carbocycles. The van der Waals surface area contributed by atoms with Crippen molar-refractivity contribution in [1.82, 2.24) is 14.9 Å². The smallest absolute Gasteiger partial charge is 0.148 e. The third-order valence-electron chi connectivity index (χ3n) is 5.08. The molecule has 1 heterocycles. The summed E-state index contributed by atoms with van der Waals surface area (Å²) < 4.78 is 9.02. The van der Waals surface area contributed by atoms with E-state index in [2.05, 4.69) is 39.2 Å². The van der Waals surface area contributed by atoms with Gasteiger partial charge in [0.25, 0.3) is 0 Å². The minimum atomic E-state index is 0.0105. The third-order valence-corrected chi connectivity index (χ3v) is 6.51. The number of fused-ring (bicyclic) bond motifs is 1. The minimum absolute atomic E-state index is 0.0105. The average Bonchev–Trinajstić information content (AvgIpc) is 3.24. The number of hydrogen-bond acceptors (Lipinski definition) is 8. The monoisotopic (exact) mass is 437 g/mol. The van der Waals surface area contributed by atoms with Gasteiger partial charge in [0.2, 0.25) is 0 Å². The molecule has 0 saturated heterocycles. The lowest BCUT2D eigenvalue weighted by molar-refractivity contribution is 0.242. The number of nitrogens with two attached hydrogens (primary N) is 1. The number of ether oxygens (including phenoxy) is 1. The molecule has 2 aromatic carbocycles. The normalized spacial score (nSPS) is 15.6. The van der Waals surface area contributed by atoms with E-state index in [0.29, 0.717) is 11.3 Å². The molecular formula is C22H23N5OS2. The van der Waals surface area contributed by atoms with Crippen LogP contribution in [0.2, 0.25) is 0 Å². The van der Waals surface area contributed by atoms with E-state index in [1.807, 2.05) is 32.0 Å². The highest BCUT2D eigenvalue weighted by Crippen LogP contribution is 2.39. The summed E-state index contributed by atoms with van der Waals surface area (Å²) in [5.41, 5.74) is 5.11. The molecular weight excluding hydrogens is 414 g/mol. The van der Waals surface area contributed by atoms with Crippen LogP contribution in [0.5, 0.6) is 5.75 Å². The van der Waals surface area contributed by atoms with Crippen molar-refractivity contribution < 1.29 is 4.74 Å². The number of aromatic nitrogens is 2. The van der Waals surface area contributed by atoms with Gasteiger partial charge in [0, 0.05) is 29.3 Å². The topological polar surface area (TPSA) is 96.8 Å². The lowest BCUT2D eigenvalue weighted by Gasteiger charge is -2.26. The largest absolute Gasteiger partial charge is 0.490 e. The van der Waals surface area contributed by atoms with Crippen LogP contribution in [0.4, 0.5) is 0 Å². The van der Waals surface area contributed by atoms with Crippen LogP contribution in [0.25, 0.3) is 21.1 Å². The molecule has 154 valence electrons. The van der Waals surface area contributed by atoms with Gasteiger partial charge in [-0.3, -0.25) is 5.14 Å². The summed E-state index contributed by atoms with van der Waals surface area (Å²) in [6.07, 6.45) is 3.21. The van der Waals surface area contributed by atoms with Gasteiger partial charge in [-0.15, -0.1) is 10.2 Å². The van der Waals surface area contributed by atoms with E-state index in [-0.39, 0.29) is 12.1 Å². The Morgan fingerprint density at radius 2 is 2.10 bits per heavy atom. The molecule has 3 N–H and O–H groups in total. The summed E-state index contributed by atoms with van der Waals surface area (Å²) in [5.74, 6) is 0.592. The SMILES string of the molecule is CC(C)Oc1ccc(-c2nnc(-c3cccc4c3CCCC4NSN)s2)cc1C#N. The standard InChI is InChI=1S/C22H23N5OS2/c1-13(2)28-20-10-9-14(11-15(20)12-23)21-25-26-22(29-21)18-7-3-6-17-16(18)5-4-8-19(17)27-30-24/h3,6-7,9-11,13,19,27H,4-5,8,24H2,1-2H3. The molecule has 0 amide bonds. The molecule has 4 rings (SSSR count). The van der Waals surface area contributed by atoms with Gasteiger partial charge in [-0.2, -0.15) is 5.26 Å². The van der Waals surface area contributed by atoms with Crippen molar-refractivity contribution in [2.45, 2.75) is 45.3 Å². The Morgan fingerprint density at radius 1 is 1.27 bits per heavy atom. The molecule has 6 nitrogen and oxygen atoms in total. The summed E-state index contributed by atoms with van der Waals surface area (Å²) in [6, 6.07) is 14.4. The maximum Gasteiger partial charge on any atom is 0.148 e.